The van der Waals surface area contributed by atoms with Crippen molar-refractivity contribution >= 4 is 22.7 Å². The van der Waals surface area contributed by atoms with Crippen molar-refractivity contribution in [1.29, 1.82) is 0 Å². The summed E-state index contributed by atoms with van der Waals surface area (Å²) < 4.78 is 5.56. The standard InChI is InChI=1S/C23H26N4O/c1-3-7-18(8-4-1)20-17-19-9-10-21(26-11-5-2-6-12-26)24-22(19)25-23(20)27-13-15-28-16-14-27/h1,3-4,7-10,17H,2,5-6,11-16H2. The van der Waals surface area contributed by atoms with E-state index >= 15 is 0 Å². The highest BCUT2D eigenvalue weighted by Crippen LogP contribution is 2.33. The molecule has 0 amide bonds. The molecule has 0 unspecified atom stereocenters. The molecule has 0 N–H and O–H groups in total. The van der Waals surface area contributed by atoms with Gasteiger partial charge in [-0.3, -0.25) is 0 Å². The lowest BCUT2D eigenvalue weighted by Gasteiger charge is -2.30. The third-order valence-electron chi connectivity index (χ3n) is 5.72. The monoisotopic (exact) mass is 374 g/mol. The number of benzene rings is 1. The molecule has 0 saturated carbocycles. The third-order valence-corrected chi connectivity index (χ3v) is 5.72. The first-order valence-corrected chi connectivity index (χ1v) is 10.3. The number of rotatable bonds is 3. The Morgan fingerprint density at radius 1 is 0.750 bits per heavy atom. The molecule has 0 radical (unpaired) electrons. The van der Waals surface area contributed by atoms with Gasteiger partial charge in [0, 0.05) is 37.1 Å². The Labute approximate surface area is 166 Å². The van der Waals surface area contributed by atoms with Crippen LogP contribution in [0.5, 0.6) is 0 Å². The second kappa shape index (κ2) is 7.76. The van der Waals surface area contributed by atoms with E-state index in [1.807, 2.05) is 0 Å². The van der Waals surface area contributed by atoms with Crippen LogP contribution in [0.25, 0.3) is 22.2 Å². The molecule has 3 aromatic rings. The Bertz CT molecular complexity index is 947. The van der Waals surface area contributed by atoms with E-state index in [9.17, 15) is 0 Å². The van der Waals surface area contributed by atoms with Gasteiger partial charge in [0.1, 0.15) is 11.6 Å². The van der Waals surface area contributed by atoms with Crippen LogP contribution in [0.2, 0.25) is 0 Å². The molecule has 28 heavy (non-hydrogen) atoms. The fourth-order valence-corrected chi connectivity index (χ4v) is 4.18. The number of piperidine rings is 1. The first-order valence-electron chi connectivity index (χ1n) is 10.3. The minimum Gasteiger partial charge on any atom is -0.378 e. The number of nitrogens with zero attached hydrogens (tertiary/aromatic N) is 4. The number of hydrogen-bond donors (Lipinski definition) is 0. The van der Waals surface area contributed by atoms with Crippen molar-refractivity contribution in [2.45, 2.75) is 19.3 Å². The minimum absolute atomic E-state index is 0.745. The summed E-state index contributed by atoms with van der Waals surface area (Å²) in [5, 5.41) is 1.09. The van der Waals surface area contributed by atoms with Crippen LogP contribution in [-0.4, -0.2) is 49.4 Å². The molecule has 144 valence electrons. The van der Waals surface area contributed by atoms with Crippen molar-refractivity contribution in [3.05, 3.63) is 48.5 Å². The van der Waals surface area contributed by atoms with Crippen LogP contribution in [-0.2, 0) is 4.74 Å². The average Bonchev–Trinajstić information content (AvgIpc) is 2.79. The average molecular weight is 374 g/mol. The van der Waals surface area contributed by atoms with Gasteiger partial charge in [0.2, 0.25) is 0 Å². The molecule has 2 aliphatic rings. The molecule has 2 aliphatic heterocycles. The molecule has 5 nitrogen and oxygen atoms in total. The molecule has 2 aromatic heterocycles. The molecule has 4 heterocycles. The van der Waals surface area contributed by atoms with E-state index in [4.69, 9.17) is 14.7 Å². The zero-order chi connectivity index (χ0) is 18.8. The van der Waals surface area contributed by atoms with Gasteiger partial charge < -0.3 is 14.5 Å². The zero-order valence-electron chi connectivity index (χ0n) is 16.2. The second-order valence-corrected chi connectivity index (χ2v) is 7.59. The molecule has 5 heteroatoms. The summed E-state index contributed by atoms with van der Waals surface area (Å²) in [6.07, 6.45) is 3.82. The van der Waals surface area contributed by atoms with Crippen molar-refractivity contribution in [2.75, 3.05) is 49.2 Å². The highest BCUT2D eigenvalue weighted by Gasteiger charge is 2.20. The number of morpholine rings is 1. The topological polar surface area (TPSA) is 41.5 Å². The maximum atomic E-state index is 5.56. The number of hydrogen-bond acceptors (Lipinski definition) is 5. The number of aromatic nitrogens is 2. The van der Waals surface area contributed by atoms with Crippen LogP contribution in [0.4, 0.5) is 11.6 Å². The Morgan fingerprint density at radius 3 is 2.32 bits per heavy atom. The molecule has 0 aliphatic carbocycles. The van der Waals surface area contributed by atoms with E-state index < -0.39 is 0 Å². The highest BCUT2D eigenvalue weighted by molar-refractivity contribution is 5.88. The van der Waals surface area contributed by atoms with Crippen LogP contribution in [0.3, 0.4) is 0 Å². The molecular formula is C23H26N4O. The van der Waals surface area contributed by atoms with Crippen molar-refractivity contribution in [1.82, 2.24) is 9.97 Å². The van der Waals surface area contributed by atoms with Crippen molar-refractivity contribution in [2.24, 2.45) is 0 Å². The van der Waals surface area contributed by atoms with Gasteiger partial charge in [0.05, 0.1) is 13.2 Å². The molecule has 0 spiro atoms. The maximum Gasteiger partial charge on any atom is 0.163 e. The quantitative estimate of drug-likeness (QED) is 0.690. The Hall–Kier alpha value is -2.66. The summed E-state index contributed by atoms with van der Waals surface area (Å²) in [6.45, 7) is 5.41. The molecule has 0 bridgehead atoms. The van der Waals surface area contributed by atoms with Crippen molar-refractivity contribution in [3.63, 3.8) is 0 Å². The van der Waals surface area contributed by atoms with Gasteiger partial charge in [-0.1, -0.05) is 30.3 Å². The number of anilines is 2. The SMILES string of the molecule is c1ccc(-c2cc3ccc(N4CCCCC4)nc3nc2N2CCOCC2)cc1. The second-order valence-electron chi connectivity index (χ2n) is 7.59. The normalized spacial score (nSPS) is 17.9. The highest BCUT2D eigenvalue weighted by atomic mass is 16.5. The molecule has 0 atom stereocenters. The van der Waals surface area contributed by atoms with Gasteiger partial charge in [-0.05, 0) is 43.0 Å². The van der Waals surface area contributed by atoms with Gasteiger partial charge in [0.15, 0.2) is 5.65 Å². The lowest BCUT2D eigenvalue weighted by atomic mass is 10.0. The van der Waals surface area contributed by atoms with Gasteiger partial charge in [0.25, 0.3) is 0 Å². The lowest BCUT2D eigenvalue weighted by Crippen LogP contribution is -2.37. The molecule has 5 rings (SSSR count). The molecular weight excluding hydrogens is 348 g/mol. The van der Waals surface area contributed by atoms with Crippen molar-refractivity contribution < 1.29 is 4.74 Å². The third kappa shape index (κ3) is 3.42. The van der Waals surface area contributed by atoms with Gasteiger partial charge in [-0.15, -0.1) is 0 Å². The van der Waals surface area contributed by atoms with Crippen LogP contribution in [0.15, 0.2) is 48.5 Å². The van der Waals surface area contributed by atoms with E-state index in [1.54, 1.807) is 0 Å². The fourth-order valence-electron chi connectivity index (χ4n) is 4.18. The Morgan fingerprint density at radius 2 is 1.54 bits per heavy atom. The minimum atomic E-state index is 0.745. The molecule has 2 fully saturated rings. The number of ether oxygens (including phenoxy) is 1. The first-order chi connectivity index (χ1) is 13.9. The van der Waals surface area contributed by atoms with E-state index in [0.717, 1.165) is 62.1 Å². The smallest absolute Gasteiger partial charge is 0.163 e. The van der Waals surface area contributed by atoms with Gasteiger partial charge >= 0.3 is 0 Å². The Kier molecular flexibility index (Phi) is 4.83. The summed E-state index contributed by atoms with van der Waals surface area (Å²) in [5.41, 5.74) is 3.20. The van der Waals surface area contributed by atoms with Crippen LogP contribution < -0.4 is 9.80 Å². The van der Waals surface area contributed by atoms with E-state index in [0.29, 0.717) is 0 Å². The number of fused-ring (bicyclic) bond motifs is 1. The fraction of sp³-hybridized carbons (Fsp3) is 0.391. The molecule has 2 saturated heterocycles. The van der Waals surface area contributed by atoms with Crippen molar-refractivity contribution in [3.8, 4) is 11.1 Å². The predicted octanol–water partition coefficient (Wildman–Crippen LogP) is 4.12. The number of pyridine rings is 2. The summed E-state index contributed by atoms with van der Waals surface area (Å²) in [4.78, 5) is 14.7. The maximum absolute atomic E-state index is 5.56. The van der Waals surface area contributed by atoms with E-state index in [-0.39, 0.29) is 0 Å². The summed E-state index contributed by atoms with van der Waals surface area (Å²) in [7, 11) is 0. The summed E-state index contributed by atoms with van der Waals surface area (Å²) in [5.74, 6) is 2.07. The van der Waals surface area contributed by atoms with Crippen LogP contribution >= 0.6 is 0 Å². The predicted molar refractivity (Wildman–Crippen MR) is 114 cm³/mol. The summed E-state index contributed by atoms with van der Waals surface area (Å²) >= 11 is 0. The Balaban J connectivity index is 1.61. The van der Waals surface area contributed by atoms with Gasteiger partial charge in [-0.2, -0.15) is 0 Å². The van der Waals surface area contributed by atoms with E-state index in [2.05, 4.69) is 58.3 Å². The van der Waals surface area contributed by atoms with Crippen LogP contribution in [0.1, 0.15) is 19.3 Å². The van der Waals surface area contributed by atoms with Gasteiger partial charge in [-0.25, -0.2) is 9.97 Å². The van der Waals surface area contributed by atoms with Crippen LogP contribution in [0, 0.1) is 0 Å². The molecule has 1 aromatic carbocycles. The van der Waals surface area contributed by atoms with E-state index in [1.165, 1.54) is 30.4 Å². The zero-order valence-corrected chi connectivity index (χ0v) is 16.2. The largest absolute Gasteiger partial charge is 0.378 e. The first kappa shape index (κ1) is 17.4. The summed E-state index contributed by atoms with van der Waals surface area (Å²) in [6, 6.07) is 17.1. The lowest BCUT2D eigenvalue weighted by molar-refractivity contribution is 0.122.